The molecule has 0 bridgehead atoms. The van der Waals surface area contributed by atoms with Crippen LogP contribution in [0.25, 0.3) is 0 Å². The Morgan fingerprint density at radius 3 is 2.12 bits per heavy atom. The molecule has 0 aliphatic rings. The highest BCUT2D eigenvalue weighted by molar-refractivity contribution is 5.81. The molecule has 0 rings (SSSR count). The van der Waals surface area contributed by atoms with Crippen molar-refractivity contribution in [3.05, 3.63) is 0 Å². The van der Waals surface area contributed by atoms with Gasteiger partial charge in [-0.2, -0.15) is 0 Å². The Bertz CT molecular complexity index is 222. The first-order valence-electron chi connectivity index (χ1n) is 6.92. The Labute approximate surface area is 107 Å². The third kappa shape index (κ3) is 5.07. The van der Waals surface area contributed by atoms with Gasteiger partial charge in [-0.15, -0.1) is 0 Å². The molecule has 3 heteroatoms. The Balaban J connectivity index is 4.59. The van der Waals surface area contributed by atoms with Crippen LogP contribution in [0.1, 0.15) is 53.9 Å². The van der Waals surface area contributed by atoms with E-state index < -0.39 is 0 Å². The lowest BCUT2D eigenvalue weighted by Gasteiger charge is -2.33. The van der Waals surface area contributed by atoms with Crippen LogP contribution in [0.4, 0.5) is 0 Å². The van der Waals surface area contributed by atoms with Crippen molar-refractivity contribution in [1.82, 2.24) is 4.90 Å². The fourth-order valence-electron chi connectivity index (χ4n) is 2.11. The van der Waals surface area contributed by atoms with Crippen LogP contribution >= 0.6 is 0 Å². The van der Waals surface area contributed by atoms with Crippen molar-refractivity contribution in [1.29, 1.82) is 0 Å². The van der Waals surface area contributed by atoms with E-state index in [1.54, 1.807) is 0 Å². The second-order valence-corrected chi connectivity index (χ2v) is 5.45. The molecule has 0 aliphatic heterocycles. The molecule has 0 atom stereocenters. The topological polar surface area (TPSA) is 46.3 Å². The molecule has 0 unspecified atom stereocenters. The van der Waals surface area contributed by atoms with E-state index in [1.807, 2.05) is 18.7 Å². The van der Waals surface area contributed by atoms with E-state index in [1.165, 1.54) is 0 Å². The molecule has 0 saturated heterocycles. The quantitative estimate of drug-likeness (QED) is 0.711. The van der Waals surface area contributed by atoms with Crippen molar-refractivity contribution >= 4 is 5.91 Å². The van der Waals surface area contributed by atoms with Crippen molar-refractivity contribution < 1.29 is 4.79 Å². The molecule has 102 valence electrons. The van der Waals surface area contributed by atoms with Gasteiger partial charge in [0.2, 0.25) is 5.91 Å². The van der Waals surface area contributed by atoms with E-state index in [0.29, 0.717) is 12.5 Å². The van der Waals surface area contributed by atoms with Gasteiger partial charge in [0.1, 0.15) is 0 Å². The summed E-state index contributed by atoms with van der Waals surface area (Å²) in [7, 11) is 0. The number of nitrogens with two attached hydrogens (primary N) is 1. The summed E-state index contributed by atoms with van der Waals surface area (Å²) >= 11 is 0. The van der Waals surface area contributed by atoms with Gasteiger partial charge in [-0.1, -0.05) is 40.5 Å². The average molecular weight is 242 g/mol. The minimum atomic E-state index is -0.323. The molecule has 0 aromatic heterocycles. The van der Waals surface area contributed by atoms with Gasteiger partial charge in [-0.3, -0.25) is 4.79 Å². The second kappa shape index (κ2) is 7.70. The molecule has 0 aromatic carbocycles. The van der Waals surface area contributed by atoms with Crippen molar-refractivity contribution in [2.75, 3.05) is 19.6 Å². The van der Waals surface area contributed by atoms with Gasteiger partial charge in [-0.05, 0) is 25.8 Å². The molecular formula is C14H30N2O. The lowest BCUT2D eigenvalue weighted by atomic mass is 9.87. The highest BCUT2D eigenvalue weighted by Crippen LogP contribution is 2.24. The predicted octanol–water partition coefficient (Wildman–Crippen LogP) is 2.65. The number of carbonyl (C=O) groups is 1. The Hall–Kier alpha value is -0.570. The SMILES string of the molecule is CCC(CC)CN(CC)C(=O)C(C)(C)CCN. The van der Waals surface area contributed by atoms with E-state index >= 15 is 0 Å². The number of carbonyl (C=O) groups excluding carboxylic acids is 1. The molecule has 3 nitrogen and oxygen atoms in total. The lowest BCUT2D eigenvalue weighted by Crippen LogP contribution is -2.43. The zero-order valence-corrected chi connectivity index (χ0v) is 12.3. The number of amides is 1. The number of hydrogen-bond donors (Lipinski definition) is 1. The largest absolute Gasteiger partial charge is 0.342 e. The van der Waals surface area contributed by atoms with Crippen molar-refractivity contribution in [2.24, 2.45) is 17.1 Å². The van der Waals surface area contributed by atoms with E-state index in [4.69, 9.17) is 5.73 Å². The summed E-state index contributed by atoms with van der Waals surface area (Å²) in [6.45, 7) is 12.7. The first-order chi connectivity index (χ1) is 7.92. The van der Waals surface area contributed by atoms with Gasteiger partial charge in [0.15, 0.2) is 0 Å². The molecule has 0 heterocycles. The molecule has 1 amide bonds. The van der Waals surface area contributed by atoms with Crippen molar-refractivity contribution in [3.8, 4) is 0 Å². The van der Waals surface area contributed by atoms with E-state index in [-0.39, 0.29) is 11.3 Å². The van der Waals surface area contributed by atoms with E-state index in [9.17, 15) is 4.79 Å². The van der Waals surface area contributed by atoms with Gasteiger partial charge in [0, 0.05) is 18.5 Å². The number of hydrogen-bond acceptors (Lipinski definition) is 2. The molecule has 0 fully saturated rings. The van der Waals surface area contributed by atoms with Crippen LogP contribution in [0.2, 0.25) is 0 Å². The predicted molar refractivity (Wildman–Crippen MR) is 73.8 cm³/mol. The van der Waals surface area contributed by atoms with E-state index in [2.05, 4.69) is 20.8 Å². The Kier molecular flexibility index (Phi) is 7.44. The van der Waals surface area contributed by atoms with E-state index in [0.717, 1.165) is 32.4 Å². The zero-order chi connectivity index (χ0) is 13.5. The Morgan fingerprint density at radius 1 is 1.24 bits per heavy atom. The van der Waals surface area contributed by atoms with Crippen molar-refractivity contribution in [2.45, 2.75) is 53.9 Å². The van der Waals surface area contributed by atoms with Crippen LogP contribution in [-0.2, 0) is 4.79 Å². The first kappa shape index (κ1) is 16.4. The highest BCUT2D eigenvalue weighted by Gasteiger charge is 2.31. The molecule has 17 heavy (non-hydrogen) atoms. The molecule has 0 aromatic rings. The summed E-state index contributed by atoms with van der Waals surface area (Å²) in [6.07, 6.45) is 3.03. The van der Waals surface area contributed by atoms with Crippen molar-refractivity contribution in [3.63, 3.8) is 0 Å². The summed E-state index contributed by atoms with van der Waals surface area (Å²) in [5.41, 5.74) is 5.25. The normalized spacial score (nSPS) is 11.9. The monoisotopic (exact) mass is 242 g/mol. The van der Waals surface area contributed by atoms with Gasteiger partial charge >= 0.3 is 0 Å². The number of rotatable bonds is 8. The summed E-state index contributed by atoms with van der Waals surface area (Å²) in [6, 6.07) is 0. The molecule has 0 aliphatic carbocycles. The molecule has 0 spiro atoms. The highest BCUT2D eigenvalue weighted by atomic mass is 16.2. The summed E-state index contributed by atoms with van der Waals surface area (Å²) in [5, 5.41) is 0. The smallest absolute Gasteiger partial charge is 0.228 e. The van der Waals surface area contributed by atoms with Crippen LogP contribution in [0.3, 0.4) is 0 Å². The summed E-state index contributed by atoms with van der Waals surface area (Å²) in [5.74, 6) is 0.866. The minimum Gasteiger partial charge on any atom is -0.342 e. The van der Waals surface area contributed by atoms with Crippen LogP contribution < -0.4 is 5.73 Å². The molecule has 2 N–H and O–H groups in total. The second-order valence-electron chi connectivity index (χ2n) is 5.45. The maximum Gasteiger partial charge on any atom is 0.228 e. The number of nitrogens with zero attached hydrogens (tertiary/aromatic N) is 1. The maximum atomic E-state index is 12.4. The van der Waals surface area contributed by atoms with Gasteiger partial charge in [0.25, 0.3) is 0 Å². The van der Waals surface area contributed by atoms with Crippen LogP contribution in [-0.4, -0.2) is 30.4 Å². The Morgan fingerprint density at radius 2 is 1.76 bits per heavy atom. The van der Waals surface area contributed by atoms with Crippen LogP contribution in [0, 0.1) is 11.3 Å². The third-order valence-corrected chi connectivity index (χ3v) is 3.65. The van der Waals surface area contributed by atoms with Crippen LogP contribution in [0.15, 0.2) is 0 Å². The molecular weight excluding hydrogens is 212 g/mol. The fraction of sp³-hybridized carbons (Fsp3) is 0.929. The minimum absolute atomic E-state index is 0.248. The molecule has 0 saturated carbocycles. The summed E-state index contributed by atoms with van der Waals surface area (Å²) < 4.78 is 0. The summed E-state index contributed by atoms with van der Waals surface area (Å²) in [4.78, 5) is 14.4. The van der Waals surface area contributed by atoms with Gasteiger partial charge < -0.3 is 10.6 Å². The molecule has 0 radical (unpaired) electrons. The van der Waals surface area contributed by atoms with Gasteiger partial charge in [0.05, 0.1) is 0 Å². The average Bonchev–Trinajstić information content (AvgIpc) is 2.30. The van der Waals surface area contributed by atoms with Gasteiger partial charge in [-0.25, -0.2) is 0 Å². The standard InChI is InChI=1S/C14H30N2O/c1-6-12(7-2)11-16(8-3)13(17)14(4,5)9-10-15/h12H,6-11,15H2,1-5H3. The third-order valence-electron chi connectivity index (χ3n) is 3.65. The lowest BCUT2D eigenvalue weighted by molar-refractivity contribution is -0.141. The zero-order valence-electron chi connectivity index (χ0n) is 12.3. The first-order valence-corrected chi connectivity index (χ1v) is 6.92. The maximum absolute atomic E-state index is 12.4. The fourth-order valence-corrected chi connectivity index (χ4v) is 2.11. The van der Waals surface area contributed by atoms with Crippen LogP contribution in [0.5, 0.6) is 0 Å².